The van der Waals surface area contributed by atoms with E-state index in [2.05, 4.69) is 12.2 Å². The van der Waals surface area contributed by atoms with Gasteiger partial charge in [-0.05, 0) is 18.8 Å². The monoisotopic (exact) mass is 198 g/mol. The minimum Gasteiger partial charge on any atom is -0.443 e. The highest BCUT2D eigenvalue weighted by atomic mass is 16.6. The molecule has 2 rings (SSSR count). The van der Waals surface area contributed by atoms with E-state index in [1.165, 1.54) is 0 Å². The SMILES string of the molecule is CC1CCN(C(=O)OC2CNC2)CC1. The van der Waals surface area contributed by atoms with E-state index >= 15 is 0 Å². The summed E-state index contributed by atoms with van der Waals surface area (Å²) in [6, 6.07) is 0. The standard InChI is InChI=1S/C10H18N2O2/c1-8-2-4-12(5-3-8)10(13)14-9-6-11-7-9/h8-9,11H,2-7H2,1H3. The highest BCUT2D eigenvalue weighted by molar-refractivity contribution is 5.68. The van der Waals surface area contributed by atoms with Crippen LogP contribution >= 0.6 is 0 Å². The summed E-state index contributed by atoms with van der Waals surface area (Å²) < 4.78 is 5.29. The summed E-state index contributed by atoms with van der Waals surface area (Å²) in [5, 5.41) is 3.08. The van der Waals surface area contributed by atoms with Crippen molar-refractivity contribution in [2.24, 2.45) is 5.92 Å². The van der Waals surface area contributed by atoms with Crippen LogP contribution in [0.5, 0.6) is 0 Å². The molecule has 0 aromatic heterocycles. The Balaban J connectivity index is 1.74. The molecule has 4 nitrogen and oxygen atoms in total. The molecule has 0 aromatic carbocycles. The summed E-state index contributed by atoms with van der Waals surface area (Å²) in [4.78, 5) is 13.4. The number of nitrogens with zero attached hydrogens (tertiary/aromatic N) is 1. The van der Waals surface area contributed by atoms with Gasteiger partial charge >= 0.3 is 6.09 Å². The van der Waals surface area contributed by atoms with E-state index in [1.54, 1.807) is 0 Å². The Labute approximate surface area is 84.6 Å². The molecule has 1 N–H and O–H groups in total. The van der Waals surface area contributed by atoms with Crippen molar-refractivity contribution in [1.29, 1.82) is 0 Å². The van der Waals surface area contributed by atoms with Crippen LogP contribution in [0, 0.1) is 5.92 Å². The van der Waals surface area contributed by atoms with E-state index in [0.29, 0.717) is 0 Å². The molecule has 0 spiro atoms. The number of rotatable bonds is 1. The summed E-state index contributed by atoms with van der Waals surface area (Å²) in [6.45, 7) is 5.59. The quantitative estimate of drug-likeness (QED) is 0.678. The molecule has 4 heteroatoms. The van der Waals surface area contributed by atoms with Crippen molar-refractivity contribution in [2.75, 3.05) is 26.2 Å². The van der Waals surface area contributed by atoms with Gasteiger partial charge in [0, 0.05) is 26.2 Å². The molecule has 2 aliphatic rings. The number of ether oxygens (including phenoxy) is 1. The molecule has 0 bridgehead atoms. The topological polar surface area (TPSA) is 41.6 Å². The normalized spacial score (nSPS) is 24.5. The first-order valence-corrected chi connectivity index (χ1v) is 5.42. The van der Waals surface area contributed by atoms with Crippen molar-refractivity contribution in [2.45, 2.75) is 25.9 Å². The zero-order valence-electron chi connectivity index (χ0n) is 8.66. The Bertz CT molecular complexity index is 208. The van der Waals surface area contributed by atoms with Gasteiger partial charge in [0.1, 0.15) is 6.10 Å². The predicted molar refractivity (Wildman–Crippen MR) is 53.1 cm³/mol. The Morgan fingerprint density at radius 1 is 1.36 bits per heavy atom. The fraction of sp³-hybridized carbons (Fsp3) is 0.900. The lowest BCUT2D eigenvalue weighted by molar-refractivity contribution is 0.0325. The molecular weight excluding hydrogens is 180 g/mol. The molecule has 2 fully saturated rings. The lowest BCUT2D eigenvalue weighted by Gasteiger charge is -2.33. The van der Waals surface area contributed by atoms with Gasteiger partial charge in [-0.3, -0.25) is 0 Å². The Hall–Kier alpha value is -0.770. The fourth-order valence-corrected chi connectivity index (χ4v) is 1.75. The van der Waals surface area contributed by atoms with Crippen molar-refractivity contribution in [3.63, 3.8) is 0 Å². The van der Waals surface area contributed by atoms with Crippen LogP contribution in [0.25, 0.3) is 0 Å². The van der Waals surface area contributed by atoms with E-state index in [4.69, 9.17) is 4.74 Å². The number of piperidine rings is 1. The zero-order chi connectivity index (χ0) is 9.97. The molecule has 2 aliphatic heterocycles. The third kappa shape index (κ3) is 2.18. The molecule has 0 radical (unpaired) electrons. The summed E-state index contributed by atoms with van der Waals surface area (Å²) >= 11 is 0. The van der Waals surface area contributed by atoms with Crippen LogP contribution < -0.4 is 5.32 Å². The average Bonchev–Trinajstić information content (AvgIpc) is 2.12. The van der Waals surface area contributed by atoms with Crippen LogP contribution in [0.1, 0.15) is 19.8 Å². The molecule has 0 unspecified atom stereocenters. The van der Waals surface area contributed by atoms with Crippen molar-refractivity contribution in [3.05, 3.63) is 0 Å². The number of carbonyl (C=O) groups excluding carboxylic acids is 1. The molecule has 2 saturated heterocycles. The first-order valence-electron chi connectivity index (χ1n) is 5.42. The van der Waals surface area contributed by atoms with E-state index in [9.17, 15) is 4.79 Å². The first-order chi connectivity index (χ1) is 6.75. The smallest absolute Gasteiger partial charge is 0.410 e. The fourth-order valence-electron chi connectivity index (χ4n) is 1.75. The Kier molecular flexibility index (Phi) is 2.91. The summed E-state index contributed by atoms with van der Waals surface area (Å²) in [5.74, 6) is 0.754. The van der Waals surface area contributed by atoms with Crippen molar-refractivity contribution in [1.82, 2.24) is 10.2 Å². The van der Waals surface area contributed by atoms with Gasteiger partial charge in [-0.1, -0.05) is 6.92 Å². The molecule has 14 heavy (non-hydrogen) atoms. The maximum Gasteiger partial charge on any atom is 0.410 e. The number of hydrogen-bond donors (Lipinski definition) is 1. The highest BCUT2D eigenvalue weighted by Gasteiger charge is 2.26. The van der Waals surface area contributed by atoms with Gasteiger partial charge in [0.15, 0.2) is 0 Å². The average molecular weight is 198 g/mol. The minimum atomic E-state index is -0.122. The molecular formula is C10H18N2O2. The van der Waals surface area contributed by atoms with Crippen molar-refractivity contribution >= 4 is 6.09 Å². The van der Waals surface area contributed by atoms with Crippen LogP contribution in [0.4, 0.5) is 4.79 Å². The van der Waals surface area contributed by atoms with Gasteiger partial charge in [-0.2, -0.15) is 0 Å². The second-order valence-corrected chi connectivity index (χ2v) is 4.33. The number of hydrogen-bond acceptors (Lipinski definition) is 3. The van der Waals surface area contributed by atoms with E-state index in [-0.39, 0.29) is 12.2 Å². The van der Waals surface area contributed by atoms with E-state index < -0.39 is 0 Å². The lowest BCUT2D eigenvalue weighted by atomic mass is 10.00. The van der Waals surface area contributed by atoms with Crippen LogP contribution in [-0.2, 0) is 4.74 Å². The number of amides is 1. The summed E-state index contributed by atoms with van der Waals surface area (Å²) in [6.07, 6.45) is 2.21. The van der Waals surface area contributed by atoms with Crippen molar-refractivity contribution in [3.8, 4) is 0 Å². The maximum absolute atomic E-state index is 11.6. The van der Waals surface area contributed by atoms with Crippen LogP contribution in [-0.4, -0.2) is 43.3 Å². The van der Waals surface area contributed by atoms with Crippen LogP contribution in [0.15, 0.2) is 0 Å². The molecule has 0 saturated carbocycles. The Morgan fingerprint density at radius 3 is 2.50 bits per heavy atom. The summed E-state index contributed by atoms with van der Waals surface area (Å²) in [5.41, 5.74) is 0. The Morgan fingerprint density at radius 2 is 2.00 bits per heavy atom. The minimum absolute atomic E-state index is 0.113. The zero-order valence-corrected chi connectivity index (χ0v) is 8.66. The molecule has 0 aromatic rings. The molecule has 0 atom stereocenters. The molecule has 0 aliphatic carbocycles. The second-order valence-electron chi connectivity index (χ2n) is 4.33. The summed E-state index contributed by atoms with van der Waals surface area (Å²) in [7, 11) is 0. The van der Waals surface area contributed by atoms with Crippen molar-refractivity contribution < 1.29 is 9.53 Å². The van der Waals surface area contributed by atoms with E-state index in [0.717, 1.165) is 44.9 Å². The molecule has 80 valence electrons. The third-order valence-electron chi connectivity index (χ3n) is 3.05. The number of nitrogens with one attached hydrogen (secondary N) is 1. The molecule has 2 heterocycles. The molecule has 1 amide bonds. The van der Waals surface area contributed by atoms with E-state index in [1.807, 2.05) is 4.90 Å². The highest BCUT2D eigenvalue weighted by Crippen LogP contribution is 2.17. The van der Waals surface area contributed by atoms with Gasteiger partial charge in [0.2, 0.25) is 0 Å². The predicted octanol–water partition coefficient (Wildman–Crippen LogP) is 0.827. The lowest BCUT2D eigenvalue weighted by Crippen LogP contribution is -2.51. The largest absolute Gasteiger partial charge is 0.443 e. The number of likely N-dealkylation sites (tertiary alicyclic amines) is 1. The van der Waals surface area contributed by atoms with Gasteiger partial charge in [0.25, 0.3) is 0 Å². The van der Waals surface area contributed by atoms with Gasteiger partial charge in [0.05, 0.1) is 0 Å². The maximum atomic E-state index is 11.6. The van der Waals surface area contributed by atoms with Crippen LogP contribution in [0.3, 0.4) is 0 Å². The number of carbonyl (C=O) groups is 1. The van der Waals surface area contributed by atoms with Gasteiger partial charge in [-0.25, -0.2) is 4.79 Å². The second kappa shape index (κ2) is 4.17. The third-order valence-corrected chi connectivity index (χ3v) is 3.05. The van der Waals surface area contributed by atoms with Crippen LogP contribution in [0.2, 0.25) is 0 Å². The van der Waals surface area contributed by atoms with Gasteiger partial charge in [-0.15, -0.1) is 0 Å². The van der Waals surface area contributed by atoms with Gasteiger partial charge < -0.3 is 15.0 Å². The first kappa shape index (κ1) is 9.77.